The normalized spacial score (nSPS) is 10.5. The summed E-state index contributed by atoms with van der Waals surface area (Å²) in [7, 11) is 1.86. The van der Waals surface area contributed by atoms with E-state index >= 15 is 0 Å². The SMILES string of the molecule is CCCCCCCCOc1cc(NC)nc(CC)n1. The fraction of sp³-hybridized carbons (Fsp3) is 0.733. The lowest BCUT2D eigenvalue weighted by molar-refractivity contribution is 0.292. The van der Waals surface area contributed by atoms with E-state index in [-0.39, 0.29) is 0 Å². The van der Waals surface area contributed by atoms with Crippen molar-refractivity contribution >= 4 is 5.82 Å². The van der Waals surface area contributed by atoms with Crippen molar-refractivity contribution in [1.82, 2.24) is 9.97 Å². The van der Waals surface area contributed by atoms with Gasteiger partial charge in [0, 0.05) is 19.5 Å². The molecule has 19 heavy (non-hydrogen) atoms. The summed E-state index contributed by atoms with van der Waals surface area (Å²) in [6.07, 6.45) is 8.45. The van der Waals surface area contributed by atoms with E-state index in [1.54, 1.807) is 0 Å². The van der Waals surface area contributed by atoms with Crippen molar-refractivity contribution in [3.8, 4) is 5.88 Å². The van der Waals surface area contributed by atoms with E-state index in [2.05, 4.69) is 22.2 Å². The zero-order valence-corrected chi connectivity index (χ0v) is 12.5. The van der Waals surface area contributed by atoms with Crippen LogP contribution >= 0.6 is 0 Å². The molecular weight excluding hydrogens is 238 g/mol. The van der Waals surface area contributed by atoms with Gasteiger partial charge >= 0.3 is 0 Å². The summed E-state index contributed by atoms with van der Waals surface area (Å²) in [5, 5.41) is 3.04. The third-order valence-corrected chi connectivity index (χ3v) is 3.07. The molecule has 0 spiro atoms. The van der Waals surface area contributed by atoms with Crippen LogP contribution in [0, 0.1) is 0 Å². The molecule has 1 rings (SSSR count). The zero-order chi connectivity index (χ0) is 13.9. The summed E-state index contributed by atoms with van der Waals surface area (Å²) in [4.78, 5) is 8.72. The molecule has 4 heteroatoms. The molecule has 0 aliphatic carbocycles. The quantitative estimate of drug-likeness (QED) is 0.653. The number of ether oxygens (including phenoxy) is 1. The minimum absolute atomic E-state index is 0.685. The van der Waals surface area contributed by atoms with E-state index in [0.29, 0.717) is 5.88 Å². The lowest BCUT2D eigenvalue weighted by atomic mass is 10.1. The fourth-order valence-corrected chi connectivity index (χ4v) is 1.89. The van der Waals surface area contributed by atoms with Gasteiger partial charge in [0.05, 0.1) is 6.61 Å². The number of nitrogens with zero attached hydrogens (tertiary/aromatic N) is 2. The van der Waals surface area contributed by atoms with Crippen molar-refractivity contribution in [2.45, 2.75) is 58.8 Å². The molecule has 108 valence electrons. The van der Waals surface area contributed by atoms with Crippen LogP contribution < -0.4 is 10.1 Å². The number of rotatable bonds is 10. The smallest absolute Gasteiger partial charge is 0.218 e. The molecule has 1 aromatic heterocycles. The minimum atomic E-state index is 0.685. The van der Waals surface area contributed by atoms with Crippen LogP contribution in [0.15, 0.2) is 6.07 Å². The van der Waals surface area contributed by atoms with Crippen molar-refractivity contribution in [3.63, 3.8) is 0 Å². The maximum absolute atomic E-state index is 5.71. The fourth-order valence-electron chi connectivity index (χ4n) is 1.89. The average Bonchev–Trinajstić information content (AvgIpc) is 2.45. The highest BCUT2D eigenvalue weighted by molar-refractivity contribution is 5.37. The van der Waals surface area contributed by atoms with Gasteiger partial charge < -0.3 is 10.1 Å². The summed E-state index contributed by atoms with van der Waals surface area (Å²) in [5.74, 6) is 2.33. The van der Waals surface area contributed by atoms with Gasteiger partial charge in [-0.15, -0.1) is 0 Å². The number of nitrogens with one attached hydrogen (secondary N) is 1. The monoisotopic (exact) mass is 265 g/mol. The Hall–Kier alpha value is -1.32. The molecule has 0 bridgehead atoms. The maximum Gasteiger partial charge on any atom is 0.218 e. The van der Waals surface area contributed by atoms with Crippen molar-refractivity contribution in [3.05, 3.63) is 11.9 Å². The van der Waals surface area contributed by atoms with Crippen LogP contribution in [0.3, 0.4) is 0 Å². The molecule has 1 N–H and O–H groups in total. The van der Waals surface area contributed by atoms with Crippen LogP contribution in [0.25, 0.3) is 0 Å². The van der Waals surface area contributed by atoms with E-state index in [1.807, 2.05) is 20.0 Å². The molecule has 0 atom stereocenters. The van der Waals surface area contributed by atoms with Crippen molar-refractivity contribution in [2.24, 2.45) is 0 Å². The number of anilines is 1. The molecule has 0 unspecified atom stereocenters. The predicted octanol–water partition coefficient (Wildman–Crippen LogP) is 3.82. The summed E-state index contributed by atoms with van der Waals surface area (Å²) in [6, 6.07) is 1.86. The molecule has 0 saturated carbocycles. The van der Waals surface area contributed by atoms with Crippen LogP contribution in [0.4, 0.5) is 5.82 Å². The molecule has 0 fully saturated rings. The molecule has 0 aromatic carbocycles. The topological polar surface area (TPSA) is 47.0 Å². The summed E-state index contributed by atoms with van der Waals surface area (Å²) >= 11 is 0. The van der Waals surface area contributed by atoms with Gasteiger partial charge in [-0.2, -0.15) is 4.98 Å². The highest BCUT2D eigenvalue weighted by Crippen LogP contribution is 2.14. The van der Waals surface area contributed by atoms with E-state index in [4.69, 9.17) is 4.74 Å². The standard InChI is InChI=1S/C15H27N3O/c1-4-6-7-8-9-10-11-19-15-12-14(16-3)17-13(5-2)18-15/h12H,4-11H2,1-3H3,(H,16,17,18). The van der Waals surface area contributed by atoms with Gasteiger partial charge in [0.1, 0.15) is 11.6 Å². The largest absolute Gasteiger partial charge is 0.478 e. The molecular formula is C15H27N3O. The molecule has 0 radical (unpaired) electrons. The van der Waals surface area contributed by atoms with Gasteiger partial charge in [-0.3, -0.25) is 0 Å². The number of hydrogen-bond donors (Lipinski definition) is 1. The number of unbranched alkanes of at least 4 members (excludes halogenated alkanes) is 5. The molecule has 0 saturated heterocycles. The maximum atomic E-state index is 5.71. The Bertz CT molecular complexity index is 333. The third-order valence-electron chi connectivity index (χ3n) is 3.07. The Balaban J connectivity index is 2.28. The Morgan fingerprint density at radius 3 is 2.47 bits per heavy atom. The number of hydrogen-bond acceptors (Lipinski definition) is 4. The second kappa shape index (κ2) is 9.59. The highest BCUT2D eigenvalue weighted by Gasteiger charge is 2.03. The summed E-state index contributed by atoms with van der Waals surface area (Å²) < 4.78 is 5.71. The highest BCUT2D eigenvalue weighted by atomic mass is 16.5. The Labute approximate surface area is 117 Å². The lowest BCUT2D eigenvalue weighted by Gasteiger charge is -2.08. The lowest BCUT2D eigenvalue weighted by Crippen LogP contribution is -2.04. The van der Waals surface area contributed by atoms with E-state index in [0.717, 1.165) is 31.1 Å². The number of aromatic nitrogens is 2. The molecule has 0 aliphatic heterocycles. The Morgan fingerprint density at radius 1 is 1.05 bits per heavy atom. The summed E-state index contributed by atoms with van der Waals surface area (Å²) in [5.41, 5.74) is 0. The first kappa shape index (κ1) is 15.7. The number of aryl methyl sites for hydroxylation is 1. The second-order valence-electron chi connectivity index (χ2n) is 4.73. The first-order valence-electron chi connectivity index (χ1n) is 7.48. The van der Waals surface area contributed by atoms with Crippen molar-refractivity contribution in [2.75, 3.05) is 19.0 Å². The predicted molar refractivity (Wildman–Crippen MR) is 79.8 cm³/mol. The first-order valence-corrected chi connectivity index (χ1v) is 7.48. The van der Waals surface area contributed by atoms with E-state index < -0.39 is 0 Å². The van der Waals surface area contributed by atoms with Gasteiger partial charge in [-0.05, 0) is 6.42 Å². The van der Waals surface area contributed by atoms with Crippen molar-refractivity contribution < 1.29 is 4.74 Å². The minimum Gasteiger partial charge on any atom is -0.478 e. The molecule has 0 aliphatic rings. The van der Waals surface area contributed by atoms with Crippen LogP contribution in [0.1, 0.15) is 58.2 Å². The Morgan fingerprint density at radius 2 is 1.79 bits per heavy atom. The summed E-state index contributed by atoms with van der Waals surface area (Å²) in [6.45, 7) is 5.03. The Kier molecular flexibility index (Phi) is 7.94. The zero-order valence-electron chi connectivity index (χ0n) is 12.5. The van der Waals surface area contributed by atoms with Crippen molar-refractivity contribution in [1.29, 1.82) is 0 Å². The van der Waals surface area contributed by atoms with Gasteiger partial charge in [-0.1, -0.05) is 46.0 Å². The van der Waals surface area contributed by atoms with E-state index in [9.17, 15) is 0 Å². The van der Waals surface area contributed by atoms with Gasteiger partial charge in [-0.25, -0.2) is 4.98 Å². The third kappa shape index (κ3) is 6.41. The van der Waals surface area contributed by atoms with Crippen LogP contribution in [-0.4, -0.2) is 23.6 Å². The molecule has 4 nitrogen and oxygen atoms in total. The second-order valence-corrected chi connectivity index (χ2v) is 4.73. The van der Waals surface area contributed by atoms with Gasteiger partial charge in [0.25, 0.3) is 0 Å². The van der Waals surface area contributed by atoms with Gasteiger partial charge in [0.2, 0.25) is 5.88 Å². The van der Waals surface area contributed by atoms with Crippen LogP contribution in [-0.2, 0) is 6.42 Å². The molecule has 1 aromatic rings. The first-order chi connectivity index (χ1) is 9.30. The van der Waals surface area contributed by atoms with E-state index in [1.165, 1.54) is 32.1 Å². The van der Waals surface area contributed by atoms with Crippen LogP contribution in [0.5, 0.6) is 5.88 Å². The molecule has 1 heterocycles. The average molecular weight is 265 g/mol. The van der Waals surface area contributed by atoms with Gasteiger partial charge in [0.15, 0.2) is 0 Å². The van der Waals surface area contributed by atoms with Crippen LogP contribution in [0.2, 0.25) is 0 Å². The molecule has 0 amide bonds.